The number of nitrogens with two attached hydrogens (primary N) is 2. The van der Waals surface area contributed by atoms with E-state index in [2.05, 4.69) is 30.5 Å². The summed E-state index contributed by atoms with van der Waals surface area (Å²) in [5, 5.41) is 44.9. The molecule has 19 nitrogen and oxygen atoms in total. The van der Waals surface area contributed by atoms with Gasteiger partial charge in [0.05, 0.1) is 10.0 Å². The van der Waals surface area contributed by atoms with Crippen molar-refractivity contribution in [2.75, 3.05) is 11.5 Å². The first-order valence-electron chi connectivity index (χ1n) is 5.56. The Balaban J connectivity index is 0.000000251. The van der Waals surface area contributed by atoms with Crippen molar-refractivity contribution in [1.29, 1.82) is 0 Å². The topological polar surface area (TPSA) is 301 Å². The minimum absolute atomic E-state index is 0. The summed E-state index contributed by atoms with van der Waals surface area (Å²) in [5.41, 5.74) is 9.41. The van der Waals surface area contributed by atoms with Crippen molar-refractivity contribution in [3.05, 3.63) is 30.3 Å². The fraction of sp³-hybridized carbons (Fsp3) is 0. The number of hydrogen-bond acceptors (Lipinski definition) is 11. The first-order chi connectivity index (χ1) is 11.2. The van der Waals surface area contributed by atoms with Gasteiger partial charge in [-0.1, -0.05) is 4.98 Å². The van der Waals surface area contributed by atoms with Crippen molar-refractivity contribution in [1.82, 2.24) is 30.5 Å². The molecule has 0 aliphatic heterocycles. The zero-order valence-corrected chi connectivity index (χ0v) is 11.7. The van der Waals surface area contributed by atoms with Gasteiger partial charge in [-0.15, -0.1) is 9.61 Å². The number of anilines is 2. The standard InChI is InChI=1S/C3H5N7.C3N5O6.H2O/c4-1-6-3-8-7-2(5)10(3)9-1;9-6(10)1-2(7(11)12)4-5-3(1)8(13)14;/h(H5,4,5,6,7,8,9);;1H2/q;-1;/p+1. The summed E-state index contributed by atoms with van der Waals surface area (Å²) in [6.07, 6.45) is 0. The summed E-state index contributed by atoms with van der Waals surface area (Å²) in [6.45, 7) is 0. The number of fused-ring (bicyclic) bond motifs is 1. The van der Waals surface area contributed by atoms with Crippen molar-refractivity contribution in [2.45, 2.75) is 0 Å². The Labute approximate surface area is 133 Å². The molecule has 0 unspecified atom stereocenters. The quantitative estimate of drug-likeness (QED) is 0.206. The van der Waals surface area contributed by atoms with Crippen LogP contribution in [0.2, 0.25) is 0 Å². The van der Waals surface area contributed by atoms with Gasteiger partial charge >= 0.3 is 23.2 Å². The summed E-state index contributed by atoms with van der Waals surface area (Å²) in [5.74, 6) is -1.36. The fourth-order valence-electron chi connectivity index (χ4n) is 1.45. The molecule has 0 radical (unpaired) electrons. The molecule has 3 heterocycles. The highest BCUT2D eigenvalue weighted by Crippen LogP contribution is 2.32. The Bertz CT molecular complexity index is 906. The molecule has 3 aromatic rings. The van der Waals surface area contributed by atoms with Gasteiger partial charge in [-0.3, -0.25) is 10.1 Å². The highest BCUT2D eigenvalue weighted by Gasteiger charge is 2.36. The number of nitrogens with zero attached hydrogens (tertiary/aromatic N) is 8. The zero-order chi connectivity index (χ0) is 18.0. The number of rotatable bonds is 3. The molecule has 8 N–H and O–H groups in total. The normalized spacial score (nSPS) is 9.76. The van der Waals surface area contributed by atoms with Crippen molar-refractivity contribution in [2.24, 2.45) is 0 Å². The Kier molecular flexibility index (Phi) is 5.05. The van der Waals surface area contributed by atoms with Crippen LogP contribution in [-0.4, -0.2) is 45.6 Å². The van der Waals surface area contributed by atoms with E-state index < -0.39 is 32.1 Å². The Morgan fingerprint density at radius 2 is 1.72 bits per heavy atom. The first kappa shape index (κ1) is 18.6. The van der Waals surface area contributed by atoms with E-state index in [1.165, 1.54) is 4.52 Å². The smallest absolute Gasteiger partial charge is 0.459 e. The van der Waals surface area contributed by atoms with Crippen LogP contribution in [0.5, 0.6) is 0 Å². The average Bonchev–Trinajstić information content (AvgIpc) is 3.15. The van der Waals surface area contributed by atoms with Gasteiger partial charge in [-0.25, -0.2) is 5.10 Å². The maximum Gasteiger partial charge on any atom is 0.472 e. The van der Waals surface area contributed by atoms with Crippen molar-refractivity contribution < 1.29 is 24.8 Å². The fourth-order valence-corrected chi connectivity index (χ4v) is 1.45. The minimum Gasteiger partial charge on any atom is -0.459 e. The molecule has 0 saturated carbocycles. The lowest BCUT2D eigenvalue weighted by molar-refractivity contribution is -0.561. The number of aromatic nitrogens is 7. The van der Waals surface area contributed by atoms with Gasteiger partial charge in [0.25, 0.3) is 11.8 Å². The van der Waals surface area contributed by atoms with Crippen LogP contribution in [-0.2, 0) is 0 Å². The summed E-state index contributed by atoms with van der Waals surface area (Å²) < 4.78 is 1.45. The lowest BCUT2D eigenvalue weighted by Gasteiger charge is -1.96. The molecular formula is C6H8N12O7. The van der Waals surface area contributed by atoms with Crippen LogP contribution in [0.1, 0.15) is 0 Å². The number of nitrogen functional groups attached to an aromatic ring is 2. The molecule has 0 aliphatic carbocycles. The molecule has 0 saturated heterocycles. The monoisotopic (exact) mass is 360 g/mol. The Hall–Kier alpha value is -4.42. The van der Waals surface area contributed by atoms with E-state index in [0.29, 0.717) is 17.7 Å². The van der Waals surface area contributed by atoms with E-state index in [9.17, 15) is 30.3 Å². The molecule has 0 fully saturated rings. The molecule has 25 heavy (non-hydrogen) atoms. The lowest BCUT2D eigenvalue weighted by Crippen LogP contribution is -2.25. The third-order valence-electron chi connectivity index (χ3n) is 2.35. The Morgan fingerprint density at radius 3 is 2.20 bits per heavy atom. The van der Waals surface area contributed by atoms with Gasteiger partial charge in [-0.05, 0) is 10.0 Å². The molecule has 0 amide bonds. The van der Waals surface area contributed by atoms with Gasteiger partial charge in [0.1, 0.15) is 0 Å². The Morgan fingerprint density at radius 1 is 1.08 bits per heavy atom. The van der Waals surface area contributed by atoms with Crippen LogP contribution in [0, 0.1) is 30.3 Å². The van der Waals surface area contributed by atoms with E-state index >= 15 is 0 Å². The van der Waals surface area contributed by atoms with E-state index in [0.717, 1.165) is 0 Å². The molecule has 19 heteroatoms. The molecule has 3 rings (SSSR count). The molecule has 0 spiro atoms. The molecule has 0 aliphatic rings. The second-order valence-corrected chi connectivity index (χ2v) is 3.82. The van der Waals surface area contributed by atoms with Crippen LogP contribution in [0.3, 0.4) is 0 Å². The van der Waals surface area contributed by atoms with E-state index in [-0.39, 0.29) is 5.48 Å². The number of hydrogen-bond donors (Lipinski definition) is 4. The minimum atomic E-state index is -1.31. The number of nitro groups is 3. The van der Waals surface area contributed by atoms with Gasteiger partial charge in [0.15, 0.2) is 0 Å². The third-order valence-corrected chi connectivity index (χ3v) is 2.35. The molecule has 0 atom stereocenters. The van der Waals surface area contributed by atoms with Gasteiger partial charge in [0, 0.05) is 5.10 Å². The van der Waals surface area contributed by atoms with Crippen LogP contribution < -0.4 is 21.1 Å². The van der Waals surface area contributed by atoms with Crippen LogP contribution >= 0.6 is 0 Å². The summed E-state index contributed by atoms with van der Waals surface area (Å²) in [4.78, 5) is 30.6. The van der Waals surface area contributed by atoms with Crippen molar-refractivity contribution >= 4 is 35.0 Å². The largest absolute Gasteiger partial charge is 0.472 e. The van der Waals surface area contributed by atoms with Crippen LogP contribution in [0.15, 0.2) is 0 Å². The molecule has 0 bridgehead atoms. The average molecular weight is 360 g/mol. The molecule has 3 aromatic heterocycles. The van der Waals surface area contributed by atoms with E-state index in [1.807, 2.05) is 0 Å². The van der Waals surface area contributed by atoms with Gasteiger partial charge in [0.2, 0.25) is 0 Å². The van der Waals surface area contributed by atoms with Crippen molar-refractivity contribution in [3.63, 3.8) is 0 Å². The maximum absolute atomic E-state index is 10.2. The predicted octanol–water partition coefficient (Wildman–Crippen LogP) is -3.03. The van der Waals surface area contributed by atoms with Crippen LogP contribution in [0.4, 0.5) is 29.2 Å². The van der Waals surface area contributed by atoms with Crippen LogP contribution in [0.25, 0.3) is 5.78 Å². The number of H-pyrrole nitrogens is 2. The maximum atomic E-state index is 10.2. The summed E-state index contributed by atoms with van der Waals surface area (Å²) >= 11 is 0. The third kappa shape index (κ3) is 3.50. The SMILES string of the molecule is Nc1nc2n[nH]c(N)[n+]2[nH]1.O.O=[N+]([O-])c1n[n-]c([N+](=O)[O-])c1[N+](=O)[O-]. The zero-order valence-electron chi connectivity index (χ0n) is 11.7. The highest BCUT2D eigenvalue weighted by atomic mass is 16.7. The second kappa shape index (κ2) is 6.78. The first-order valence-corrected chi connectivity index (χ1v) is 5.56. The number of nitrogens with one attached hydrogen (secondary N) is 2. The lowest BCUT2D eigenvalue weighted by atomic mass is 10.5. The molecule has 0 aromatic carbocycles. The van der Waals surface area contributed by atoms with Gasteiger partial charge in [-0.2, -0.15) is 4.92 Å². The predicted molar refractivity (Wildman–Crippen MR) is 73.9 cm³/mol. The molecule has 134 valence electrons. The van der Waals surface area contributed by atoms with Gasteiger partial charge < -0.3 is 37.2 Å². The van der Waals surface area contributed by atoms with Crippen molar-refractivity contribution in [3.8, 4) is 0 Å². The summed E-state index contributed by atoms with van der Waals surface area (Å²) in [6, 6.07) is 0. The number of aromatic amines is 2. The molecular weight excluding hydrogens is 352 g/mol. The highest BCUT2D eigenvalue weighted by molar-refractivity contribution is 5.58. The van der Waals surface area contributed by atoms with E-state index in [1.54, 1.807) is 0 Å². The van der Waals surface area contributed by atoms with E-state index in [4.69, 9.17) is 11.5 Å². The second-order valence-electron chi connectivity index (χ2n) is 3.82. The summed E-state index contributed by atoms with van der Waals surface area (Å²) in [7, 11) is 0.